The van der Waals surface area contributed by atoms with Crippen LogP contribution < -0.4 is 15.0 Å². The van der Waals surface area contributed by atoms with Gasteiger partial charge in [-0.25, -0.2) is 4.90 Å². The van der Waals surface area contributed by atoms with E-state index in [4.69, 9.17) is 16.3 Å². The Morgan fingerprint density at radius 3 is 2.33 bits per heavy atom. The Bertz CT molecular complexity index is 1330. The molecule has 5 nitrogen and oxygen atoms in total. The van der Waals surface area contributed by atoms with Gasteiger partial charge in [0.25, 0.3) is 11.8 Å². The number of imide groups is 1. The summed E-state index contributed by atoms with van der Waals surface area (Å²) in [4.78, 5) is 28.8. The average Bonchev–Trinajstić information content (AvgIpc) is 3.00. The molecule has 3 aromatic carbocycles. The van der Waals surface area contributed by atoms with Crippen molar-refractivity contribution in [3.63, 3.8) is 0 Å². The van der Waals surface area contributed by atoms with Crippen molar-refractivity contribution in [2.45, 2.75) is 27.7 Å². The topological polar surface area (TPSA) is 58.6 Å². The molecule has 1 aliphatic rings. The van der Waals surface area contributed by atoms with Gasteiger partial charge in [-0.15, -0.1) is 0 Å². The molecule has 0 aromatic heterocycles. The monoisotopic (exact) mass is 460 g/mol. The fourth-order valence-corrected chi connectivity index (χ4v) is 4.27. The first-order valence-electron chi connectivity index (χ1n) is 10.6. The number of hydrogen-bond acceptors (Lipinski definition) is 4. The lowest BCUT2D eigenvalue weighted by Gasteiger charge is -2.19. The summed E-state index contributed by atoms with van der Waals surface area (Å²) >= 11 is 6.21. The molecule has 0 saturated heterocycles. The minimum absolute atomic E-state index is 0.188. The highest BCUT2D eigenvalue weighted by molar-refractivity contribution is 6.46. The number of nitrogens with zero attached hydrogens (tertiary/aromatic N) is 1. The number of hydrogen-bond donors (Lipinski definition) is 1. The number of ether oxygens (including phenoxy) is 1. The van der Waals surface area contributed by atoms with Gasteiger partial charge in [0.1, 0.15) is 11.4 Å². The highest BCUT2D eigenvalue weighted by Crippen LogP contribution is 2.38. The van der Waals surface area contributed by atoms with Crippen LogP contribution in [0.4, 0.5) is 11.4 Å². The Balaban J connectivity index is 1.92. The van der Waals surface area contributed by atoms with E-state index in [0.717, 1.165) is 22.3 Å². The first kappa shape index (κ1) is 22.6. The minimum atomic E-state index is -0.425. The largest absolute Gasteiger partial charge is 0.495 e. The van der Waals surface area contributed by atoms with E-state index < -0.39 is 5.91 Å². The van der Waals surface area contributed by atoms with Crippen molar-refractivity contribution < 1.29 is 14.3 Å². The first-order valence-corrected chi connectivity index (χ1v) is 11.0. The molecule has 4 rings (SSSR count). The van der Waals surface area contributed by atoms with Crippen LogP contribution in [0.2, 0.25) is 5.02 Å². The Labute approximate surface area is 198 Å². The van der Waals surface area contributed by atoms with E-state index in [0.29, 0.717) is 33.3 Å². The van der Waals surface area contributed by atoms with Gasteiger partial charge in [-0.3, -0.25) is 9.59 Å². The third-order valence-electron chi connectivity index (χ3n) is 5.97. The third-order valence-corrected chi connectivity index (χ3v) is 6.21. The van der Waals surface area contributed by atoms with Crippen LogP contribution in [0.1, 0.15) is 27.8 Å². The van der Waals surface area contributed by atoms with Crippen LogP contribution in [0.25, 0.3) is 5.57 Å². The Hall–Kier alpha value is -3.57. The number of methoxy groups -OCH3 is 1. The van der Waals surface area contributed by atoms with Crippen LogP contribution in [0.3, 0.4) is 0 Å². The smallest absolute Gasteiger partial charge is 0.282 e. The van der Waals surface area contributed by atoms with Gasteiger partial charge in [-0.2, -0.15) is 0 Å². The van der Waals surface area contributed by atoms with Crippen LogP contribution in [0.15, 0.2) is 60.3 Å². The number of amides is 2. The summed E-state index contributed by atoms with van der Waals surface area (Å²) in [5.41, 5.74) is 6.15. The Morgan fingerprint density at radius 2 is 1.64 bits per heavy atom. The van der Waals surface area contributed by atoms with Gasteiger partial charge in [0, 0.05) is 5.02 Å². The molecule has 6 heteroatoms. The number of nitrogens with one attached hydrogen (secondary N) is 1. The Kier molecular flexibility index (Phi) is 6.00. The summed E-state index contributed by atoms with van der Waals surface area (Å²) in [6.45, 7) is 7.79. The maximum Gasteiger partial charge on any atom is 0.282 e. The van der Waals surface area contributed by atoms with Crippen molar-refractivity contribution in [2.24, 2.45) is 0 Å². The number of benzene rings is 3. The lowest BCUT2D eigenvalue weighted by Crippen LogP contribution is -2.33. The van der Waals surface area contributed by atoms with Gasteiger partial charge in [0.2, 0.25) is 0 Å². The van der Waals surface area contributed by atoms with E-state index >= 15 is 0 Å². The molecule has 3 aromatic rings. The molecule has 2 amide bonds. The van der Waals surface area contributed by atoms with Gasteiger partial charge < -0.3 is 10.1 Å². The number of carbonyl (C=O) groups is 2. The molecule has 0 atom stereocenters. The quantitative estimate of drug-likeness (QED) is 0.476. The van der Waals surface area contributed by atoms with E-state index in [9.17, 15) is 9.59 Å². The number of carbonyl (C=O) groups excluding carboxylic acids is 2. The van der Waals surface area contributed by atoms with Crippen LogP contribution >= 0.6 is 11.6 Å². The van der Waals surface area contributed by atoms with Crippen LogP contribution in [-0.2, 0) is 9.59 Å². The number of anilines is 2. The normalized spacial score (nSPS) is 13.7. The van der Waals surface area contributed by atoms with Gasteiger partial charge in [0.05, 0.1) is 24.1 Å². The van der Waals surface area contributed by atoms with Gasteiger partial charge in [-0.05, 0) is 74.2 Å². The zero-order chi connectivity index (χ0) is 23.9. The van der Waals surface area contributed by atoms with E-state index in [-0.39, 0.29) is 11.6 Å². The maximum atomic E-state index is 13.8. The van der Waals surface area contributed by atoms with Crippen LogP contribution in [-0.4, -0.2) is 18.9 Å². The molecule has 0 aliphatic carbocycles. The number of halogens is 1. The zero-order valence-electron chi connectivity index (χ0n) is 19.2. The number of aryl methyl sites for hydroxylation is 3. The van der Waals surface area contributed by atoms with Crippen molar-refractivity contribution in [1.82, 2.24) is 0 Å². The van der Waals surface area contributed by atoms with Crippen LogP contribution in [0, 0.1) is 27.7 Å². The predicted octanol–water partition coefficient (Wildman–Crippen LogP) is 5.98. The summed E-state index contributed by atoms with van der Waals surface area (Å²) in [5, 5.41) is 3.65. The van der Waals surface area contributed by atoms with E-state index in [1.807, 2.05) is 58.0 Å². The second-order valence-corrected chi connectivity index (χ2v) is 8.64. The van der Waals surface area contributed by atoms with Gasteiger partial charge >= 0.3 is 0 Å². The summed E-state index contributed by atoms with van der Waals surface area (Å²) < 4.78 is 5.45. The molecular weight excluding hydrogens is 436 g/mol. The molecule has 0 saturated carbocycles. The van der Waals surface area contributed by atoms with Crippen molar-refractivity contribution >= 4 is 40.4 Å². The molecule has 1 aliphatic heterocycles. The molecule has 168 valence electrons. The average molecular weight is 461 g/mol. The molecule has 1 heterocycles. The van der Waals surface area contributed by atoms with Gasteiger partial charge in [-0.1, -0.05) is 47.5 Å². The Morgan fingerprint density at radius 1 is 0.879 bits per heavy atom. The highest BCUT2D eigenvalue weighted by atomic mass is 35.5. The predicted molar refractivity (Wildman–Crippen MR) is 133 cm³/mol. The summed E-state index contributed by atoms with van der Waals surface area (Å²) in [6, 6.07) is 16.5. The molecule has 0 spiro atoms. The summed E-state index contributed by atoms with van der Waals surface area (Å²) in [7, 11) is 1.54. The standard InChI is InChI=1S/C27H25ClN2O3/c1-15-9-11-20(17(3)13-15)24-25(29-21-14-19(28)10-12-23(21)33-5)27(32)30(26(24)31)22-8-6-7-16(2)18(22)4/h6-14,29H,1-5H3. The molecule has 0 radical (unpaired) electrons. The van der Waals surface area contributed by atoms with Crippen molar-refractivity contribution in [1.29, 1.82) is 0 Å². The van der Waals surface area contributed by atoms with E-state index in [1.54, 1.807) is 24.3 Å². The minimum Gasteiger partial charge on any atom is -0.495 e. The first-order chi connectivity index (χ1) is 15.7. The third kappa shape index (κ3) is 4.00. The molecular formula is C27H25ClN2O3. The lowest BCUT2D eigenvalue weighted by molar-refractivity contribution is -0.120. The van der Waals surface area contributed by atoms with Gasteiger partial charge in [0.15, 0.2) is 0 Å². The van der Waals surface area contributed by atoms with Crippen molar-refractivity contribution in [3.8, 4) is 5.75 Å². The summed E-state index contributed by atoms with van der Waals surface area (Å²) in [6.07, 6.45) is 0. The fraction of sp³-hybridized carbons (Fsp3) is 0.185. The van der Waals surface area contributed by atoms with E-state index in [1.165, 1.54) is 12.0 Å². The molecule has 0 fully saturated rings. The number of rotatable bonds is 5. The molecule has 1 N–H and O–H groups in total. The SMILES string of the molecule is COc1ccc(Cl)cc1NC1=C(c2ccc(C)cc2C)C(=O)N(c2cccc(C)c2C)C1=O. The second-order valence-electron chi connectivity index (χ2n) is 8.20. The van der Waals surface area contributed by atoms with Crippen LogP contribution in [0.5, 0.6) is 5.75 Å². The maximum absolute atomic E-state index is 13.8. The fourth-order valence-electron chi connectivity index (χ4n) is 4.10. The molecule has 0 bridgehead atoms. The lowest BCUT2D eigenvalue weighted by atomic mass is 9.97. The van der Waals surface area contributed by atoms with Crippen molar-refractivity contribution in [3.05, 3.63) is 93.1 Å². The van der Waals surface area contributed by atoms with Crippen molar-refractivity contribution in [2.75, 3.05) is 17.3 Å². The summed E-state index contributed by atoms with van der Waals surface area (Å²) in [5.74, 6) is -0.285. The molecule has 0 unspecified atom stereocenters. The molecule has 33 heavy (non-hydrogen) atoms. The zero-order valence-corrected chi connectivity index (χ0v) is 20.0. The second kappa shape index (κ2) is 8.75. The highest BCUT2D eigenvalue weighted by Gasteiger charge is 2.41. The van der Waals surface area contributed by atoms with E-state index in [2.05, 4.69) is 5.32 Å².